The zero-order valence-corrected chi connectivity index (χ0v) is 63.9. The van der Waals surface area contributed by atoms with Gasteiger partial charge in [-0.3, -0.25) is 0 Å². The molecule has 0 saturated heterocycles. The number of rotatable bonds is 15. The van der Waals surface area contributed by atoms with Gasteiger partial charge in [-0.05, 0) is 246 Å². The Hall–Kier alpha value is -14.1. The van der Waals surface area contributed by atoms with Crippen molar-refractivity contribution in [1.82, 2.24) is 0 Å². The van der Waals surface area contributed by atoms with Crippen molar-refractivity contribution in [1.29, 1.82) is 0 Å². The van der Waals surface area contributed by atoms with Crippen molar-refractivity contribution in [2.45, 2.75) is 12.8 Å². The summed E-state index contributed by atoms with van der Waals surface area (Å²) in [7, 11) is 0. The van der Waals surface area contributed by atoms with Gasteiger partial charge in [0.15, 0.2) is 0 Å². The first-order valence-corrected chi connectivity index (χ1v) is 40.9. The Balaban J connectivity index is 0.652. The summed E-state index contributed by atoms with van der Waals surface area (Å²) in [5.74, 6) is 0. The van der Waals surface area contributed by atoms with Gasteiger partial charge in [0.25, 0.3) is 0 Å². The van der Waals surface area contributed by atoms with Crippen LogP contribution >= 0.6 is 22.7 Å². The molecule has 19 aromatic carbocycles. The van der Waals surface area contributed by atoms with E-state index in [1.54, 1.807) is 0 Å². The third-order valence-corrected chi connectivity index (χ3v) is 25.5. The van der Waals surface area contributed by atoms with E-state index in [0.29, 0.717) is 0 Å². The topological polar surface area (TPSA) is 13.0 Å². The van der Waals surface area contributed by atoms with E-state index in [9.17, 15) is 0 Å². The minimum Gasteiger partial charge on any atom is -0.314 e. The predicted molar refractivity (Wildman–Crippen MR) is 493 cm³/mol. The molecule has 22 rings (SSSR count). The molecule has 0 atom stereocenters. The van der Waals surface area contributed by atoms with Gasteiger partial charge in [-0.25, -0.2) is 0 Å². The van der Waals surface area contributed by atoms with Crippen LogP contribution in [0.2, 0.25) is 0 Å². The van der Waals surface area contributed by atoms with Crippen molar-refractivity contribution in [2.75, 3.05) is 19.6 Å². The maximum atomic E-state index is 2.54. The lowest BCUT2D eigenvalue weighted by atomic mass is 9.93. The second kappa shape index (κ2) is 28.0. The highest BCUT2D eigenvalue weighted by atomic mass is 32.1. The van der Waals surface area contributed by atoms with Gasteiger partial charge in [-0.15, -0.1) is 22.7 Å². The summed E-state index contributed by atoms with van der Waals surface area (Å²) in [6.45, 7) is 0. The number of allylic oxidation sites excluding steroid dienone is 4. The fourth-order valence-corrected chi connectivity index (χ4v) is 20.2. The van der Waals surface area contributed by atoms with Crippen molar-refractivity contribution >= 4 is 190 Å². The Kier molecular flexibility index (Phi) is 16.4. The molecule has 0 spiro atoms. The van der Waals surface area contributed by atoms with Gasteiger partial charge >= 0.3 is 0 Å². The highest BCUT2D eigenvalue weighted by Crippen LogP contribution is 2.54. The number of fused-ring (bicyclic) bond motifs is 14. The number of hydrogen-bond acceptors (Lipinski definition) is 6. The summed E-state index contributed by atoms with van der Waals surface area (Å²) in [6, 6.07) is 147. The largest absolute Gasteiger partial charge is 0.314 e. The molecule has 0 saturated carbocycles. The van der Waals surface area contributed by atoms with Crippen LogP contribution in [0.4, 0.5) is 62.6 Å². The minimum absolute atomic E-state index is 0.980. The highest BCUT2D eigenvalue weighted by molar-refractivity contribution is 7.27. The summed E-state index contributed by atoms with van der Waals surface area (Å²) in [5, 5.41) is 19.5. The van der Waals surface area contributed by atoms with E-state index in [4.69, 9.17) is 0 Å². The molecule has 0 unspecified atom stereocenters. The molecule has 0 N–H and O–H groups in total. The molecule has 21 aromatic rings. The number of hydrogen-bond donors (Lipinski definition) is 0. The van der Waals surface area contributed by atoms with Gasteiger partial charge < -0.3 is 19.6 Å². The molecule has 0 radical (unpaired) electrons. The predicted octanol–water partition coefficient (Wildman–Crippen LogP) is 32.1. The first-order valence-electron chi connectivity index (χ1n) is 39.2. The van der Waals surface area contributed by atoms with Gasteiger partial charge in [-0.1, -0.05) is 261 Å². The lowest BCUT2D eigenvalue weighted by Gasteiger charge is -2.29. The van der Waals surface area contributed by atoms with Crippen LogP contribution in [-0.4, -0.2) is 0 Å². The van der Waals surface area contributed by atoms with Crippen LogP contribution < -0.4 is 19.6 Å². The van der Waals surface area contributed by atoms with Crippen molar-refractivity contribution < 1.29 is 0 Å². The average molecular weight is 1490 g/mol. The molecule has 4 nitrogen and oxygen atoms in total. The van der Waals surface area contributed by atoms with Gasteiger partial charge in [-0.2, -0.15) is 0 Å². The zero-order valence-electron chi connectivity index (χ0n) is 62.3. The third-order valence-electron chi connectivity index (χ3n) is 23.1. The monoisotopic (exact) mass is 1490 g/mol. The van der Waals surface area contributed by atoms with E-state index in [2.05, 4.69) is 432 Å². The maximum absolute atomic E-state index is 2.54. The Labute approximate surface area is 669 Å². The number of benzene rings is 19. The second-order valence-electron chi connectivity index (χ2n) is 29.8. The summed E-state index contributed by atoms with van der Waals surface area (Å²) in [6.07, 6.45) is 8.75. The van der Waals surface area contributed by atoms with Gasteiger partial charge in [0.1, 0.15) is 0 Å². The highest BCUT2D eigenvalue weighted by Gasteiger charge is 2.27. The van der Waals surface area contributed by atoms with Gasteiger partial charge in [0.05, 0.1) is 21.8 Å². The van der Waals surface area contributed by atoms with Crippen molar-refractivity contribution in [3.8, 4) is 33.4 Å². The molecule has 0 bridgehead atoms. The molecule has 536 valence electrons. The molecular formula is C108H72N4S2. The van der Waals surface area contributed by atoms with Crippen LogP contribution in [0.5, 0.6) is 0 Å². The summed E-state index contributed by atoms with van der Waals surface area (Å²) in [4.78, 5) is 9.85. The number of anilines is 11. The van der Waals surface area contributed by atoms with E-state index in [0.717, 1.165) is 103 Å². The van der Waals surface area contributed by atoms with Crippen LogP contribution in [0.25, 0.3) is 138 Å². The molecule has 2 aromatic heterocycles. The molecule has 0 amide bonds. The smallest absolute Gasteiger partial charge is 0.0647 e. The summed E-state index contributed by atoms with van der Waals surface area (Å²) >= 11 is 3.78. The normalized spacial score (nSPS) is 12.3. The molecule has 0 fully saturated rings. The Morgan fingerprint density at radius 2 is 0.693 bits per heavy atom. The molecule has 0 aliphatic heterocycles. The summed E-state index contributed by atoms with van der Waals surface area (Å²) in [5.41, 5.74) is 20.5. The van der Waals surface area contributed by atoms with Crippen molar-refractivity contribution in [3.05, 3.63) is 418 Å². The maximum Gasteiger partial charge on any atom is 0.0647 e. The van der Waals surface area contributed by atoms with Crippen LogP contribution in [0, 0.1) is 0 Å². The van der Waals surface area contributed by atoms with Crippen LogP contribution in [0.1, 0.15) is 12.8 Å². The van der Waals surface area contributed by atoms with Gasteiger partial charge in [0.2, 0.25) is 0 Å². The fraction of sp³-hybridized carbons (Fsp3) is 0.0185. The lowest BCUT2D eigenvalue weighted by molar-refractivity contribution is 0.918. The van der Waals surface area contributed by atoms with Gasteiger partial charge in [0, 0.05) is 103 Å². The third kappa shape index (κ3) is 11.6. The lowest BCUT2D eigenvalue weighted by Crippen LogP contribution is -2.17. The Bertz CT molecular complexity index is 7420. The molecule has 6 heteroatoms. The van der Waals surface area contributed by atoms with Crippen molar-refractivity contribution in [2.24, 2.45) is 0 Å². The van der Waals surface area contributed by atoms with E-state index in [1.807, 2.05) is 22.7 Å². The Morgan fingerprint density at radius 3 is 1.38 bits per heavy atom. The molecular weight excluding hydrogens is 1420 g/mol. The number of nitrogens with zero attached hydrogens (tertiary/aromatic N) is 4. The van der Waals surface area contributed by atoms with Crippen LogP contribution in [0.3, 0.4) is 0 Å². The van der Waals surface area contributed by atoms with E-state index < -0.39 is 0 Å². The van der Waals surface area contributed by atoms with E-state index in [-0.39, 0.29) is 0 Å². The summed E-state index contributed by atoms with van der Waals surface area (Å²) < 4.78 is 5.02. The van der Waals surface area contributed by atoms with Crippen molar-refractivity contribution in [3.63, 3.8) is 0 Å². The van der Waals surface area contributed by atoms with E-state index in [1.165, 1.54) is 117 Å². The van der Waals surface area contributed by atoms with Crippen LogP contribution in [-0.2, 0) is 0 Å². The van der Waals surface area contributed by atoms with Crippen LogP contribution in [0.15, 0.2) is 418 Å². The second-order valence-corrected chi connectivity index (χ2v) is 31.9. The Morgan fingerprint density at radius 1 is 0.219 bits per heavy atom. The average Bonchev–Trinajstić information content (AvgIpc) is 1.51. The quantitative estimate of drug-likeness (QED) is 0.101. The molecule has 2 heterocycles. The first kappa shape index (κ1) is 66.8. The molecule has 1 aliphatic carbocycles. The minimum atomic E-state index is 0.980. The SMILES string of the molecule is C1=CCCC(N(c2ccc(-c3cc4ccccc4c4c3sc3ccc(-c5ccc(N(c6ccccc6)c6cc(-c7cc(N(c8ccccc8)c8cc9ccccc9c9c8sc8ccc(N(c%10ccccc%10)c%10cccc%11ccccc%10%11)cc89)c8ccccc8c7)c7ccccc7c6)cc5)cc34)cc2)c2ccc3ccccc3c2)=C1. The number of thiophene rings is 2. The van der Waals surface area contributed by atoms with E-state index >= 15 is 0 Å². The first-order chi connectivity index (χ1) is 56.5. The molecule has 114 heavy (non-hydrogen) atoms. The number of para-hydroxylation sites is 3. The fourth-order valence-electron chi connectivity index (χ4n) is 17.8. The zero-order chi connectivity index (χ0) is 75.2. The standard InChI is InChI=1S/C108H72N4S2/c1-5-34-82(35-6-1)109(88-58-50-71-26-13-14-28-75(71)63-88)86-56-51-74(52-57-86)97-66-79-31-18-23-45-94(79)105-98-65-76(53-60-103(98)113-107(97)105)72-48-54-87(55-49-72)110(83-36-7-2-8-37-83)90-64-78-30-16-20-42-91(78)96(70-90)81-62-77-29-17-22-44-93(77)101(68-81)112(85-40-11-4-12-41-85)102-67-80-32-19-24-46-95(80)106-99-69-89(59-61-104(99)114-108(102)106)111(84-38-9-3-10-39-84)100-47-25-33-73-27-15-21-43-92(73)100/h1-5,7-34,36-70H,6,35H2. The molecule has 1 aliphatic rings.